The van der Waals surface area contributed by atoms with Gasteiger partial charge in [-0.05, 0) is 76.1 Å². The van der Waals surface area contributed by atoms with Crippen LogP contribution in [0.4, 0.5) is 0 Å². The Kier molecular flexibility index (Phi) is 7.17. The summed E-state index contributed by atoms with van der Waals surface area (Å²) in [6.07, 6.45) is 0. The van der Waals surface area contributed by atoms with Crippen LogP contribution in [0.15, 0.2) is 199 Å². The van der Waals surface area contributed by atoms with Crippen LogP contribution in [-0.4, -0.2) is 29.1 Å². The minimum Gasteiger partial charge on any atom is -0.435 e. The Morgan fingerprint density at radius 1 is 0.377 bits per heavy atom. The van der Waals surface area contributed by atoms with Crippen LogP contribution in [0.25, 0.3) is 122 Å². The molecule has 0 unspecified atom stereocenters. The number of oxazole rings is 1. The maximum atomic E-state index is 6.70. The molecule has 4 aromatic heterocycles. The summed E-state index contributed by atoms with van der Waals surface area (Å²) in [5.74, 6) is 2.08. The lowest BCUT2D eigenvalue weighted by molar-refractivity contribution is 0.620. The summed E-state index contributed by atoms with van der Waals surface area (Å²) >= 11 is 0. The van der Waals surface area contributed by atoms with E-state index in [9.17, 15) is 0 Å². The van der Waals surface area contributed by atoms with Gasteiger partial charge < -0.3 is 8.98 Å². The second-order valence-corrected chi connectivity index (χ2v) is 15.5. The van der Waals surface area contributed by atoms with E-state index in [1.807, 2.05) is 30.3 Å². The van der Waals surface area contributed by atoms with Crippen molar-refractivity contribution in [3.63, 3.8) is 0 Å². The van der Waals surface area contributed by atoms with Crippen molar-refractivity contribution in [2.24, 2.45) is 0 Å². The SMILES string of the molecule is c1ccc(-n2c3ccccc3c3ccc4c5ccccc5n(-c5nc(-c6ccc7ccccc7c6)nc(-c6cccc7nc(-c8ccc9ccccc9c8)oc67)n5)c4c32)cc1. The third-order valence-corrected chi connectivity index (χ3v) is 12.0. The Morgan fingerprint density at radius 3 is 1.67 bits per heavy atom. The van der Waals surface area contributed by atoms with Gasteiger partial charge in [-0.1, -0.05) is 140 Å². The van der Waals surface area contributed by atoms with Gasteiger partial charge in [0.15, 0.2) is 17.2 Å². The highest BCUT2D eigenvalue weighted by molar-refractivity contribution is 6.23. The van der Waals surface area contributed by atoms with E-state index in [1.54, 1.807) is 0 Å². The van der Waals surface area contributed by atoms with E-state index in [1.165, 1.54) is 5.39 Å². The van der Waals surface area contributed by atoms with Crippen molar-refractivity contribution in [3.8, 4) is 45.9 Å². The molecule has 0 saturated carbocycles. The van der Waals surface area contributed by atoms with Crippen LogP contribution < -0.4 is 0 Å². The topological polar surface area (TPSA) is 74.6 Å². The molecule has 284 valence electrons. The van der Waals surface area contributed by atoms with Gasteiger partial charge in [0, 0.05) is 38.4 Å². The molecule has 0 spiro atoms. The number of hydrogen-bond donors (Lipinski definition) is 0. The van der Waals surface area contributed by atoms with Gasteiger partial charge in [-0.25, -0.2) is 9.97 Å². The van der Waals surface area contributed by atoms with Crippen LogP contribution in [0.5, 0.6) is 0 Å². The molecule has 9 aromatic carbocycles. The average Bonchev–Trinajstić information content (AvgIpc) is 4.02. The zero-order valence-electron chi connectivity index (χ0n) is 32.6. The van der Waals surface area contributed by atoms with Crippen molar-refractivity contribution < 1.29 is 4.42 Å². The lowest BCUT2D eigenvalue weighted by Crippen LogP contribution is -2.07. The van der Waals surface area contributed by atoms with Crippen LogP contribution in [-0.2, 0) is 0 Å². The van der Waals surface area contributed by atoms with Crippen molar-refractivity contribution in [2.75, 3.05) is 0 Å². The summed E-state index contributed by atoms with van der Waals surface area (Å²) < 4.78 is 11.3. The Bertz CT molecular complexity index is 3900. The first-order valence-corrected chi connectivity index (χ1v) is 20.4. The second-order valence-electron chi connectivity index (χ2n) is 15.5. The number of nitrogens with zero attached hydrogens (tertiary/aromatic N) is 6. The van der Waals surface area contributed by atoms with Crippen LogP contribution in [0.1, 0.15) is 0 Å². The van der Waals surface area contributed by atoms with E-state index in [0.717, 1.165) is 87.7 Å². The van der Waals surface area contributed by atoms with Crippen LogP contribution in [0.2, 0.25) is 0 Å². The number of aromatic nitrogens is 6. The maximum Gasteiger partial charge on any atom is 0.238 e. The normalized spacial score (nSPS) is 11.9. The first-order valence-electron chi connectivity index (χ1n) is 20.4. The Hall–Kier alpha value is -8.42. The van der Waals surface area contributed by atoms with Gasteiger partial charge in [-0.15, -0.1) is 0 Å². The lowest BCUT2D eigenvalue weighted by Gasteiger charge is -2.13. The first-order chi connectivity index (χ1) is 30.2. The van der Waals surface area contributed by atoms with Gasteiger partial charge in [0.05, 0.1) is 27.6 Å². The zero-order chi connectivity index (χ0) is 40.0. The van der Waals surface area contributed by atoms with Crippen molar-refractivity contribution in [1.82, 2.24) is 29.1 Å². The van der Waals surface area contributed by atoms with Crippen LogP contribution in [0, 0.1) is 0 Å². The number of para-hydroxylation sites is 4. The largest absolute Gasteiger partial charge is 0.435 e. The highest BCUT2D eigenvalue weighted by Gasteiger charge is 2.24. The zero-order valence-corrected chi connectivity index (χ0v) is 32.6. The third kappa shape index (κ3) is 5.17. The predicted octanol–water partition coefficient (Wildman–Crippen LogP) is 13.5. The highest BCUT2D eigenvalue weighted by atomic mass is 16.3. The first kappa shape index (κ1) is 33.5. The van der Waals surface area contributed by atoms with Gasteiger partial charge in [0.1, 0.15) is 5.52 Å². The molecule has 0 N–H and O–H groups in total. The van der Waals surface area contributed by atoms with E-state index < -0.39 is 0 Å². The third-order valence-electron chi connectivity index (χ3n) is 12.0. The average molecular weight is 781 g/mol. The molecule has 0 fully saturated rings. The van der Waals surface area contributed by atoms with Crippen LogP contribution >= 0.6 is 0 Å². The van der Waals surface area contributed by atoms with E-state index in [2.05, 4.69) is 173 Å². The fraction of sp³-hybridized carbons (Fsp3) is 0. The predicted molar refractivity (Wildman–Crippen MR) is 247 cm³/mol. The molecule has 0 radical (unpaired) electrons. The molecule has 13 aromatic rings. The molecule has 0 bridgehead atoms. The van der Waals surface area contributed by atoms with E-state index in [4.69, 9.17) is 24.4 Å². The molecule has 0 atom stereocenters. The number of fused-ring (bicyclic) bond motifs is 10. The summed E-state index contributed by atoms with van der Waals surface area (Å²) in [4.78, 5) is 21.1. The van der Waals surface area contributed by atoms with E-state index in [-0.39, 0.29) is 0 Å². The fourth-order valence-electron chi connectivity index (χ4n) is 9.17. The van der Waals surface area contributed by atoms with Crippen LogP contribution in [0.3, 0.4) is 0 Å². The van der Waals surface area contributed by atoms with Gasteiger partial charge in [0.2, 0.25) is 11.8 Å². The Labute approximate surface area is 348 Å². The molecule has 61 heavy (non-hydrogen) atoms. The van der Waals surface area contributed by atoms with Crippen molar-refractivity contribution in [3.05, 3.63) is 194 Å². The molecule has 0 aliphatic rings. The number of hydrogen-bond acceptors (Lipinski definition) is 5. The number of benzene rings is 9. The van der Waals surface area contributed by atoms with Crippen molar-refractivity contribution >= 4 is 76.3 Å². The Morgan fingerprint density at radius 2 is 0.951 bits per heavy atom. The van der Waals surface area contributed by atoms with Gasteiger partial charge >= 0.3 is 0 Å². The summed E-state index contributed by atoms with van der Waals surface area (Å²) in [5.41, 5.74) is 9.13. The summed E-state index contributed by atoms with van der Waals surface area (Å²) in [6.45, 7) is 0. The molecule has 0 saturated heterocycles. The minimum absolute atomic E-state index is 0.488. The fourth-order valence-corrected chi connectivity index (χ4v) is 9.17. The summed E-state index contributed by atoms with van der Waals surface area (Å²) in [6, 6.07) is 67.5. The highest BCUT2D eigenvalue weighted by Crippen LogP contribution is 2.42. The van der Waals surface area contributed by atoms with Crippen molar-refractivity contribution in [1.29, 1.82) is 0 Å². The molecule has 7 heteroatoms. The molecule has 0 aliphatic heterocycles. The molecular formula is C54H32N6O. The van der Waals surface area contributed by atoms with Crippen molar-refractivity contribution in [2.45, 2.75) is 0 Å². The lowest BCUT2D eigenvalue weighted by atomic mass is 10.1. The molecule has 13 rings (SSSR count). The second kappa shape index (κ2) is 13.0. The smallest absolute Gasteiger partial charge is 0.238 e. The van der Waals surface area contributed by atoms with Gasteiger partial charge in [0.25, 0.3) is 0 Å². The summed E-state index contributed by atoms with van der Waals surface area (Å²) in [7, 11) is 0. The maximum absolute atomic E-state index is 6.70. The minimum atomic E-state index is 0.488. The van der Waals surface area contributed by atoms with Gasteiger partial charge in [-0.2, -0.15) is 9.97 Å². The van der Waals surface area contributed by atoms with Gasteiger partial charge in [-0.3, -0.25) is 4.57 Å². The standard InChI is InChI=1S/C54H32N6O/c1-2-17-39(18-3-1)59-46-23-10-8-19-40(46)42-29-30-43-41-20-9-11-24-47(41)60(49(43)48(42)59)54-57-51(37-27-25-33-13-4-6-15-35(33)31-37)56-52(58-54)44-21-12-22-45-50(44)61-53(55-45)38-28-26-34-14-5-7-16-36(34)32-38/h1-32H. The quantitative estimate of drug-likeness (QED) is 0.174. The molecule has 0 aliphatic carbocycles. The Balaban J connectivity index is 1.12. The molecular weight excluding hydrogens is 749 g/mol. The van der Waals surface area contributed by atoms with E-state index in [0.29, 0.717) is 29.1 Å². The number of rotatable bonds is 5. The summed E-state index contributed by atoms with van der Waals surface area (Å²) in [5, 5.41) is 9.06. The molecule has 0 amide bonds. The molecule has 4 heterocycles. The van der Waals surface area contributed by atoms with E-state index >= 15 is 0 Å². The monoisotopic (exact) mass is 780 g/mol. The molecule has 7 nitrogen and oxygen atoms in total.